The van der Waals surface area contributed by atoms with Gasteiger partial charge in [0.15, 0.2) is 4.34 Å². The van der Waals surface area contributed by atoms with Gasteiger partial charge in [-0.05, 0) is 17.0 Å². The Bertz CT molecular complexity index is 1170. The van der Waals surface area contributed by atoms with Crippen molar-refractivity contribution in [2.45, 2.75) is 10.8 Å². The summed E-state index contributed by atoms with van der Waals surface area (Å²) in [5, 5.41) is 16.2. The molecule has 4 rings (SSSR count). The van der Waals surface area contributed by atoms with Gasteiger partial charge in [0.1, 0.15) is 0 Å². The number of amides is 2. The molecule has 0 fully saturated rings. The van der Waals surface area contributed by atoms with Crippen molar-refractivity contribution in [3.63, 3.8) is 0 Å². The largest absolute Gasteiger partial charge is 0.325 e. The second-order valence-electron chi connectivity index (χ2n) is 6.45. The Balaban J connectivity index is 1.29. The fraction of sp³-hybridized carbons (Fsp3) is 0.0909. The van der Waals surface area contributed by atoms with Crippen LogP contribution in [0.3, 0.4) is 0 Å². The number of fused-ring (bicyclic) bond motifs is 1. The molecule has 8 heteroatoms. The number of hydrogen-bond acceptors (Lipinski definition) is 6. The van der Waals surface area contributed by atoms with E-state index in [4.69, 9.17) is 0 Å². The Morgan fingerprint density at radius 3 is 2.47 bits per heavy atom. The number of carbonyl (C=O) groups excluding carboxylic acids is 2. The van der Waals surface area contributed by atoms with Crippen molar-refractivity contribution in [3.05, 3.63) is 78.4 Å². The average molecular weight is 435 g/mol. The fourth-order valence-corrected chi connectivity index (χ4v) is 4.48. The summed E-state index contributed by atoms with van der Waals surface area (Å²) in [5.74, 6) is -0.0701. The van der Waals surface area contributed by atoms with Gasteiger partial charge in [0.05, 0.1) is 12.2 Å². The molecule has 150 valence electrons. The predicted molar refractivity (Wildman–Crippen MR) is 122 cm³/mol. The normalized spacial score (nSPS) is 10.7. The molecular weight excluding hydrogens is 416 g/mol. The molecule has 0 aliphatic carbocycles. The van der Waals surface area contributed by atoms with E-state index in [-0.39, 0.29) is 24.0 Å². The standard InChI is InChI=1S/C22H18N4O2S2/c27-19(13-15-7-2-1-3-8-15)24-21-25-26-22(30-21)29-14-20(28)23-18-12-6-10-16-9-4-5-11-17(16)18/h1-12H,13-14H2,(H,23,28)(H,24,25,27). The van der Waals surface area contributed by atoms with E-state index in [0.717, 1.165) is 22.0 Å². The Hall–Kier alpha value is -3.23. The van der Waals surface area contributed by atoms with Gasteiger partial charge >= 0.3 is 0 Å². The maximum absolute atomic E-state index is 12.4. The molecule has 0 atom stereocenters. The summed E-state index contributed by atoms with van der Waals surface area (Å²) in [4.78, 5) is 24.5. The second kappa shape index (κ2) is 9.51. The maximum atomic E-state index is 12.4. The SMILES string of the molecule is O=C(Cc1ccccc1)Nc1nnc(SCC(=O)Nc2cccc3ccccc23)s1. The molecule has 1 aromatic heterocycles. The Labute approximate surface area is 181 Å². The minimum Gasteiger partial charge on any atom is -0.325 e. The van der Waals surface area contributed by atoms with Crippen LogP contribution in [-0.2, 0) is 16.0 Å². The zero-order valence-electron chi connectivity index (χ0n) is 15.9. The summed E-state index contributed by atoms with van der Waals surface area (Å²) in [6.45, 7) is 0. The molecule has 0 radical (unpaired) electrons. The minimum atomic E-state index is -0.150. The van der Waals surface area contributed by atoms with Crippen molar-refractivity contribution in [1.82, 2.24) is 10.2 Å². The predicted octanol–water partition coefficient (Wildman–Crippen LogP) is 4.60. The van der Waals surface area contributed by atoms with Gasteiger partial charge in [-0.1, -0.05) is 89.8 Å². The molecule has 4 aromatic rings. The monoisotopic (exact) mass is 434 g/mol. The van der Waals surface area contributed by atoms with Crippen LogP contribution in [0.1, 0.15) is 5.56 Å². The van der Waals surface area contributed by atoms with Crippen LogP contribution in [-0.4, -0.2) is 27.8 Å². The average Bonchev–Trinajstić information content (AvgIpc) is 3.20. The van der Waals surface area contributed by atoms with Gasteiger partial charge in [0.25, 0.3) is 0 Å². The topological polar surface area (TPSA) is 84.0 Å². The van der Waals surface area contributed by atoms with Gasteiger partial charge < -0.3 is 10.6 Å². The van der Waals surface area contributed by atoms with Crippen LogP contribution < -0.4 is 10.6 Å². The van der Waals surface area contributed by atoms with Crippen molar-refractivity contribution in [2.75, 3.05) is 16.4 Å². The first-order chi connectivity index (χ1) is 14.7. The first-order valence-corrected chi connectivity index (χ1v) is 11.1. The Morgan fingerprint density at radius 1 is 0.833 bits per heavy atom. The molecule has 0 spiro atoms. The molecule has 0 saturated carbocycles. The quantitative estimate of drug-likeness (QED) is 0.328. The van der Waals surface area contributed by atoms with Crippen molar-refractivity contribution >= 4 is 56.5 Å². The molecule has 6 nitrogen and oxygen atoms in total. The molecule has 2 amide bonds. The molecule has 3 aromatic carbocycles. The molecule has 0 bridgehead atoms. The van der Waals surface area contributed by atoms with Crippen molar-refractivity contribution in [1.29, 1.82) is 0 Å². The summed E-state index contributed by atoms with van der Waals surface area (Å²) < 4.78 is 0.623. The minimum absolute atomic E-state index is 0.124. The van der Waals surface area contributed by atoms with E-state index in [1.165, 1.54) is 23.1 Å². The highest BCUT2D eigenvalue weighted by atomic mass is 32.2. The Kier molecular flexibility index (Phi) is 6.36. The summed E-state index contributed by atoms with van der Waals surface area (Å²) >= 11 is 2.54. The lowest BCUT2D eigenvalue weighted by molar-refractivity contribution is -0.115. The number of anilines is 2. The zero-order valence-corrected chi connectivity index (χ0v) is 17.5. The lowest BCUT2D eigenvalue weighted by atomic mass is 10.1. The van der Waals surface area contributed by atoms with E-state index in [9.17, 15) is 9.59 Å². The van der Waals surface area contributed by atoms with Crippen LogP contribution in [0.15, 0.2) is 77.1 Å². The third-order valence-electron chi connectivity index (χ3n) is 4.25. The molecule has 0 saturated heterocycles. The van der Waals surface area contributed by atoms with Gasteiger partial charge in [-0.2, -0.15) is 0 Å². The summed E-state index contributed by atoms with van der Waals surface area (Å²) in [6, 6.07) is 23.2. The highest BCUT2D eigenvalue weighted by Gasteiger charge is 2.12. The van der Waals surface area contributed by atoms with Gasteiger partial charge in [-0.25, -0.2) is 0 Å². The summed E-state index contributed by atoms with van der Waals surface area (Å²) in [5.41, 5.74) is 1.71. The smallest absolute Gasteiger partial charge is 0.234 e. The number of rotatable bonds is 7. The molecule has 0 unspecified atom stereocenters. The molecule has 1 heterocycles. The molecular formula is C22H18N4O2S2. The number of nitrogens with zero attached hydrogens (tertiary/aromatic N) is 2. The van der Waals surface area contributed by atoms with Gasteiger partial charge in [-0.3, -0.25) is 9.59 Å². The van der Waals surface area contributed by atoms with E-state index in [0.29, 0.717) is 9.47 Å². The first kappa shape index (κ1) is 20.1. The number of nitrogens with one attached hydrogen (secondary N) is 2. The molecule has 0 aliphatic rings. The van der Waals surface area contributed by atoms with Gasteiger partial charge in [-0.15, -0.1) is 10.2 Å². The second-order valence-corrected chi connectivity index (χ2v) is 8.65. The van der Waals surface area contributed by atoms with Crippen molar-refractivity contribution in [3.8, 4) is 0 Å². The van der Waals surface area contributed by atoms with Crippen LogP contribution in [0.2, 0.25) is 0 Å². The third-order valence-corrected chi connectivity index (χ3v) is 6.22. The Morgan fingerprint density at radius 2 is 1.60 bits per heavy atom. The molecule has 30 heavy (non-hydrogen) atoms. The molecule has 2 N–H and O–H groups in total. The van der Waals surface area contributed by atoms with Crippen LogP contribution in [0.5, 0.6) is 0 Å². The fourth-order valence-electron chi connectivity index (χ4n) is 2.91. The highest BCUT2D eigenvalue weighted by Crippen LogP contribution is 2.27. The van der Waals surface area contributed by atoms with Crippen molar-refractivity contribution in [2.24, 2.45) is 0 Å². The lowest BCUT2D eigenvalue weighted by Crippen LogP contribution is -2.14. The van der Waals surface area contributed by atoms with Crippen molar-refractivity contribution < 1.29 is 9.59 Å². The highest BCUT2D eigenvalue weighted by molar-refractivity contribution is 8.01. The number of hydrogen-bond donors (Lipinski definition) is 2. The van der Waals surface area contributed by atoms with E-state index >= 15 is 0 Å². The van der Waals surface area contributed by atoms with Gasteiger partial charge in [0, 0.05) is 11.1 Å². The zero-order chi connectivity index (χ0) is 20.8. The van der Waals surface area contributed by atoms with Crippen LogP contribution in [0.4, 0.5) is 10.8 Å². The number of thioether (sulfide) groups is 1. The van der Waals surface area contributed by atoms with Crippen LogP contribution in [0, 0.1) is 0 Å². The van der Waals surface area contributed by atoms with E-state index < -0.39 is 0 Å². The maximum Gasteiger partial charge on any atom is 0.234 e. The first-order valence-electron chi connectivity index (χ1n) is 9.25. The number of carbonyl (C=O) groups is 2. The van der Waals surface area contributed by atoms with E-state index in [2.05, 4.69) is 20.8 Å². The third kappa shape index (κ3) is 5.22. The molecule has 0 aliphatic heterocycles. The number of benzene rings is 3. The van der Waals surface area contributed by atoms with E-state index in [1.54, 1.807) is 0 Å². The van der Waals surface area contributed by atoms with Crippen LogP contribution >= 0.6 is 23.1 Å². The summed E-state index contributed by atoms with van der Waals surface area (Å²) in [7, 11) is 0. The van der Waals surface area contributed by atoms with Gasteiger partial charge in [0.2, 0.25) is 16.9 Å². The lowest BCUT2D eigenvalue weighted by Gasteiger charge is -2.08. The summed E-state index contributed by atoms with van der Waals surface area (Å²) in [6.07, 6.45) is 0.274. The van der Waals surface area contributed by atoms with Crippen LogP contribution in [0.25, 0.3) is 10.8 Å². The van der Waals surface area contributed by atoms with E-state index in [1.807, 2.05) is 72.8 Å². The number of aromatic nitrogens is 2.